The first-order valence-corrected chi connectivity index (χ1v) is 3.47. The molecular weight excluding hydrogens is 98.1 g/mol. The fourth-order valence-electron chi connectivity index (χ4n) is 1.61. The normalized spacial score (nSPS) is 60.2. The lowest BCUT2D eigenvalue weighted by atomic mass is 9.82. The van der Waals surface area contributed by atoms with Crippen molar-refractivity contribution >= 4 is 0 Å². The van der Waals surface area contributed by atoms with Gasteiger partial charge in [0.15, 0.2) is 0 Å². The largest absolute Gasteiger partial charge is 0.314 e. The average Bonchev–Trinajstić information content (AvgIpc) is 1.92. The molecule has 46 valence electrons. The Morgan fingerprint density at radius 1 is 1.38 bits per heavy atom. The van der Waals surface area contributed by atoms with Gasteiger partial charge < -0.3 is 5.31 Å². The highest BCUT2D eigenvalue weighted by molar-refractivity contribution is 4.84. The van der Waals surface area contributed by atoms with Gasteiger partial charge in [-0.05, 0) is 38.1 Å². The van der Waals surface area contributed by atoms with Crippen molar-refractivity contribution in [2.24, 2.45) is 5.92 Å². The molecule has 0 atom stereocenters. The van der Waals surface area contributed by atoms with E-state index in [9.17, 15) is 0 Å². The SMILES string of the molecule is [2H]N1CC2CCC1([2H])CC2. The Balaban J connectivity index is 2.17. The van der Waals surface area contributed by atoms with Crippen LogP contribution in [0.3, 0.4) is 0 Å². The van der Waals surface area contributed by atoms with E-state index in [1.165, 1.54) is 18.2 Å². The maximum Gasteiger partial charge on any atom is 0.122 e. The molecule has 1 aliphatic carbocycles. The van der Waals surface area contributed by atoms with Crippen molar-refractivity contribution in [1.29, 1.82) is 0 Å². The van der Waals surface area contributed by atoms with Gasteiger partial charge in [-0.2, -0.15) is 0 Å². The molecule has 0 spiro atoms. The van der Waals surface area contributed by atoms with E-state index in [-0.39, 0.29) is 0 Å². The molecule has 0 amide bonds. The first kappa shape index (κ1) is 3.21. The summed E-state index contributed by atoms with van der Waals surface area (Å²) in [5.74, 6) is 0.727. The van der Waals surface area contributed by atoms with E-state index >= 15 is 0 Å². The summed E-state index contributed by atoms with van der Waals surface area (Å²) in [5.41, 5.74) is 0. The smallest absolute Gasteiger partial charge is 0.122 e. The molecule has 0 aromatic rings. The summed E-state index contributed by atoms with van der Waals surface area (Å²) in [7, 11) is 0. The molecule has 3 rings (SSSR count). The van der Waals surface area contributed by atoms with E-state index in [1.807, 2.05) is 0 Å². The maximum absolute atomic E-state index is 7.85. The Kier molecular flexibility index (Phi) is 0.694. The number of nitrogens with one attached hydrogen (secondary N) is 1. The molecule has 2 aliphatic heterocycles. The number of rotatable bonds is 0. The predicted molar refractivity (Wildman–Crippen MR) is 33.7 cm³/mol. The Bertz CT molecular complexity index is 141. The van der Waals surface area contributed by atoms with Crippen molar-refractivity contribution in [2.75, 3.05) is 6.54 Å². The van der Waals surface area contributed by atoms with Crippen molar-refractivity contribution in [3.05, 3.63) is 0 Å². The van der Waals surface area contributed by atoms with E-state index in [4.69, 9.17) is 2.78 Å². The van der Waals surface area contributed by atoms with Crippen LogP contribution >= 0.6 is 0 Å². The fraction of sp³-hybridized carbons (Fsp3) is 1.00. The molecule has 1 saturated carbocycles. The van der Waals surface area contributed by atoms with Crippen LogP contribution in [-0.2, 0) is 0 Å². The van der Waals surface area contributed by atoms with Gasteiger partial charge in [-0.3, -0.25) is 0 Å². The number of piperidine rings is 2. The summed E-state index contributed by atoms with van der Waals surface area (Å²) in [6.45, 7) is 0.837. The van der Waals surface area contributed by atoms with Crippen LogP contribution in [0.2, 0.25) is 1.41 Å². The molecule has 0 unspecified atom stereocenters. The Morgan fingerprint density at radius 3 is 2.50 bits per heavy atom. The van der Waals surface area contributed by atoms with E-state index in [1.54, 1.807) is 0 Å². The Morgan fingerprint density at radius 2 is 2.12 bits per heavy atom. The summed E-state index contributed by atoms with van der Waals surface area (Å²) >= 11 is 0. The maximum atomic E-state index is 7.85. The van der Waals surface area contributed by atoms with Gasteiger partial charge in [0.1, 0.15) is 1.41 Å². The fourth-order valence-corrected chi connectivity index (χ4v) is 1.61. The van der Waals surface area contributed by atoms with Crippen LogP contribution in [0, 0.1) is 5.92 Å². The second kappa shape index (κ2) is 1.73. The van der Waals surface area contributed by atoms with Crippen LogP contribution in [0.4, 0.5) is 0 Å². The Hall–Kier alpha value is -0.0400. The highest BCUT2D eigenvalue weighted by Gasteiger charge is 2.25. The van der Waals surface area contributed by atoms with Gasteiger partial charge in [-0.1, -0.05) is 0 Å². The molecular formula is C7H13N. The van der Waals surface area contributed by atoms with E-state index in [0.717, 1.165) is 25.3 Å². The van der Waals surface area contributed by atoms with Crippen LogP contribution in [0.25, 0.3) is 0 Å². The van der Waals surface area contributed by atoms with Gasteiger partial charge in [0.05, 0.1) is 0 Å². The average molecular weight is 113 g/mol. The van der Waals surface area contributed by atoms with Crippen LogP contribution in [-0.4, -0.2) is 12.6 Å². The lowest BCUT2D eigenvalue weighted by molar-refractivity contribution is 0.213. The quantitative estimate of drug-likeness (QED) is 0.497. The zero-order valence-electron chi connectivity index (χ0n) is 7.06. The first-order valence-electron chi connectivity index (χ1n) is 4.42. The van der Waals surface area contributed by atoms with E-state index in [2.05, 4.69) is 0 Å². The molecule has 8 heavy (non-hydrogen) atoms. The van der Waals surface area contributed by atoms with Crippen molar-refractivity contribution in [1.82, 2.24) is 5.31 Å². The standard InChI is InChI=1S/C7H13N/c1-3-7-4-2-6(1)5-8-7/h6-8H,1-5H2/i7D/hD. The third-order valence-electron chi connectivity index (χ3n) is 2.26. The van der Waals surface area contributed by atoms with Crippen LogP contribution in [0.1, 0.15) is 27.1 Å². The van der Waals surface area contributed by atoms with Crippen LogP contribution in [0.15, 0.2) is 0 Å². The zero-order chi connectivity index (χ0) is 7.19. The minimum Gasteiger partial charge on any atom is -0.314 e. The molecule has 3 aliphatic rings. The summed E-state index contributed by atoms with van der Waals surface area (Å²) in [5, 5.41) is 1.48. The van der Waals surface area contributed by atoms with Gasteiger partial charge in [-0.25, -0.2) is 0 Å². The predicted octanol–water partition coefficient (Wildman–Crippen LogP) is 1.15. The van der Waals surface area contributed by atoms with Crippen molar-refractivity contribution < 1.29 is 2.78 Å². The number of fused-ring (bicyclic) bond motifs is 3. The second-order valence-electron chi connectivity index (χ2n) is 2.85. The van der Waals surface area contributed by atoms with Crippen LogP contribution < -0.4 is 5.31 Å². The van der Waals surface area contributed by atoms with Gasteiger partial charge in [-0.15, -0.1) is 0 Å². The molecule has 0 aromatic heterocycles. The van der Waals surface area contributed by atoms with Gasteiger partial charge in [0.2, 0.25) is 0 Å². The summed E-state index contributed by atoms with van der Waals surface area (Å²) < 4.78 is 15.4. The lowest BCUT2D eigenvalue weighted by Gasteiger charge is -2.36. The third kappa shape index (κ3) is 0.655. The molecule has 1 nitrogen and oxygen atoms in total. The van der Waals surface area contributed by atoms with E-state index < -0.39 is 6.02 Å². The van der Waals surface area contributed by atoms with Gasteiger partial charge >= 0.3 is 0 Å². The Labute approximate surface area is 53.3 Å². The topological polar surface area (TPSA) is 12.0 Å². The number of hydrogen-bond acceptors (Lipinski definition) is 1. The highest BCUT2D eigenvalue weighted by Crippen LogP contribution is 2.28. The molecule has 2 bridgehead atoms. The molecule has 3 fully saturated rings. The first-order chi connectivity index (χ1) is 4.71. The molecule has 1 N–H and O–H groups in total. The van der Waals surface area contributed by atoms with E-state index in [0.29, 0.717) is 0 Å². The van der Waals surface area contributed by atoms with Crippen molar-refractivity contribution in [2.45, 2.75) is 31.7 Å². The summed E-state index contributed by atoms with van der Waals surface area (Å²) in [4.78, 5) is 0. The minimum absolute atomic E-state index is 0.505. The van der Waals surface area contributed by atoms with Crippen molar-refractivity contribution in [3.63, 3.8) is 0 Å². The monoisotopic (exact) mass is 113 g/mol. The summed E-state index contributed by atoms with van der Waals surface area (Å²) in [6.07, 6.45) is 4.19. The van der Waals surface area contributed by atoms with Gasteiger partial charge in [0, 0.05) is 7.39 Å². The molecule has 2 heterocycles. The van der Waals surface area contributed by atoms with Gasteiger partial charge in [0.25, 0.3) is 0 Å². The third-order valence-corrected chi connectivity index (χ3v) is 2.26. The molecule has 0 aromatic carbocycles. The molecule has 2 saturated heterocycles. The zero-order valence-corrected chi connectivity index (χ0v) is 5.06. The highest BCUT2D eigenvalue weighted by atomic mass is 14.9. The summed E-state index contributed by atoms with van der Waals surface area (Å²) in [6, 6.07) is -0.505. The number of hydrogen-bond donors (Lipinski definition) is 1. The van der Waals surface area contributed by atoms with Crippen molar-refractivity contribution in [3.8, 4) is 0 Å². The second-order valence-corrected chi connectivity index (χ2v) is 2.85. The van der Waals surface area contributed by atoms with Crippen LogP contribution in [0.5, 0.6) is 0 Å². The lowest BCUT2D eigenvalue weighted by Crippen LogP contribution is -2.44. The molecule has 0 radical (unpaired) electrons. The molecule has 1 heteroatoms. The minimum atomic E-state index is -0.505.